The summed E-state index contributed by atoms with van der Waals surface area (Å²) in [6.07, 6.45) is 0. The fourth-order valence-corrected chi connectivity index (χ4v) is 3.61. The zero-order chi connectivity index (χ0) is 19.5. The molecule has 0 aliphatic rings. The van der Waals surface area contributed by atoms with Gasteiger partial charge in [-0.05, 0) is 48.7 Å². The number of nitrogens with one attached hydrogen (secondary N) is 2. The summed E-state index contributed by atoms with van der Waals surface area (Å²) < 4.78 is 41.8. The number of hydrogen-bond acceptors (Lipinski definition) is 3. The second-order valence-electron chi connectivity index (χ2n) is 6.31. The highest BCUT2D eigenvalue weighted by Crippen LogP contribution is 2.23. The lowest BCUT2D eigenvalue weighted by Crippen LogP contribution is -2.28. The van der Waals surface area contributed by atoms with Crippen LogP contribution in [0.4, 0.5) is 10.1 Å². The minimum absolute atomic E-state index is 0.111. The molecule has 0 heterocycles. The average Bonchev–Trinajstić information content (AvgIpc) is 2.55. The van der Waals surface area contributed by atoms with E-state index in [2.05, 4.69) is 26.0 Å². The average molecular weight is 443 g/mol. The molecule has 0 aromatic heterocycles. The van der Waals surface area contributed by atoms with Crippen molar-refractivity contribution in [2.45, 2.75) is 25.7 Å². The van der Waals surface area contributed by atoms with E-state index in [-0.39, 0.29) is 28.0 Å². The predicted octanol–water partition coefficient (Wildman–Crippen LogP) is 4.08. The quantitative estimate of drug-likeness (QED) is 0.707. The molecule has 2 aromatic rings. The van der Waals surface area contributed by atoms with Gasteiger partial charge in [0.05, 0.1) is 10.6 Å². The SMILES string of the molecule is Cc1ccc(S(=O)(=O)Nc2ccc(Br)cc2F)cc1C(=O)NCC(C)C. The Labute approximate surface area is 161 Å². The number of benzene rings is 2. The van der Waals surface area contributed by atoms with Gasteiger partial charge in [-0.1, -0.05) is 35.8 Å². The molecule has 2 rings (SSSR count). The van der Waals surface area contributed by atoms with Crippen LogP contribution in [-0.2, 0) is 10.0 Å². The molecule has 0 aliphatic heterocycles. The Balaban J connectivity index is 2.32. The summed E-state index contributed by atoms with van der Waals surface area (Å²) in [4.78, 5) is 12.2. The first-order valence-corrected chi connectivity index (χ1v) is 10.2. The van der Waals surface area contributed by atoms with E-state index in [4.69, 9.17) is 0 Å². The number of rotatable bonds is 6. The van der Waals surface area contributed by atoms with Crippen LogP contribution >= 0.6 is 15.9 Å². The Bertz CT molecular complexity index is 930. The summed E-state index contributed by atoms with van der Waals surface area (Å²) in [5, 5.41) is 2.76. The van der Waals surface area contributed by atoms with Crippen molar-refractivity contribution < 1.29 is 17.6 Å². The van der Waals surface area contributed by atoms with Crippen molar-refractivity contribution in [3.8, 4) is 0 Å². The molecule has 26 heavy (non-hydrogen) atoms. The van der Waals surface area contributed by atoms with Gasteiger partial charge in [-0.2, -0.15) is 0 Å². The lowest BCUT2D eigenvalue weighted by molar-refractivity contribution is 0.0948. The van der Waals surface area contributed by atoms with Crippen LogP contribution in [0.1, 0.15) is 29.8 Å². The van der Waals surface area contributed by atoms with E-state index in [1.54, 1.807) is 13.0 Å². The van der Waals surface area contributed by atoms with E-state index in [1.807, 2.05) is 13.8 Å². The maximum Gasteiger partial charge on any atom is 0.262 e. The van der Waals surface area contributed by atoms with E-state index >= 15 is 0 Å². The third-order valence-corrected chi connectivity index (χ3v) is 5.47. The minimum atomic E-state index is -4.04. The highest BCUT2D eigenvalue weighted by Gasteiger charge is 2.19. The van der Waals surface area contributed by atoms with Crippen LogP contribution in [0.5, 0.6) is 0 Å². The molecule has 140 valence electrons. The number of hydrogen-bond donors (Lipinski definition) is 2. The Morgan fingerprint density at radius 1 is 1.19 bits per heavy atom. The summed E-state index contributed by atoms with van der Waals surface area (Å²) in [6, 6.07) is 8.24. The topological polar surface area (TPSA) is 75.3 Å². The Morgan fingerprint density at radius 2 is 1.88 bits per heavy atom. The molecule has 0 saturated heterocycles. The maximum atomic E-state index is 13.9. The number of anilines is 1. The van der Waals surface area contributed by atoms with Crippen LogP contribution in [0.15, 0.2) is 45.8 Å². The fraction of sp³-hybridized carbons (Fsp3) is 0.278. The molecule has 0 spiro atoms. The van der Waals surface area contributed by atoms with E-state index < -0.39 is 15.8 Å². The third kappa shape index (κ3) is 5.04. The molecule has 0 radical (unpaired) electrons. The molecule has 8 heteroatoms. The van der Waals surface area contributed by atoms with Crippen LogP contribution in [-0.4, -0.2) is 20.9 Å². The van der Waals surface area contributed by atoms with E-state index in [1.165, 1.54) is 24.3 Å². The van der Waals surface area contributed by atoms with Crippen molar-refractivity contribution in [1.82, 2.24) is 5.32 Å². The van der Waals surface area contributed by atoms with Gasteiger partial charge in [0.15, 0.2) is 0 Å². The first-order chi connectivity index (χ1) is 12.1. The van der Waals surface area contributed by atoms with Crippen LogP contribution in [0.25, 0.3) is 0 Å². The van der Waals surface area contributed by atoms with Gasteiger partial charge in [-0.25, -0.2) is 12.8 Å². The van der Waals surface area contributed by atoms with Gasteiger partial charge >= 0.3 is 0 Å². The molecule has 0 bridgehead atoms. The highest BCUT2D eigenvalue weighted by atomic mass is 79.9. The second-order valence-corrected chi connectivity index (χ2v) is 8.91. The molecular weight excluding hydrogens is 423 g/mol. The number of carbonyl (C=O) groups excluding carboxylic acids is 1. The van der Waals surface area contributed by atoms with Crippen LogP contribution in [0.2, 0.25) is 0 Å². The largest absolute Gasteiger partial charge is 0.352 e. The monoisotopic (exact) mass is 442 g/mol. The van der Waals surface area contributed by atoms with E-state index in [0.717, 1.165) is 6.07 Å². The highest BCUT2D eigenvalue weighted by molar-refractivity contribution is 9.10. The molecule has 0 unspecified atom stereocenters. The lowest BCUT2D eigenvalue weighted by atomic mass is 10.1. The zero-order valence-electron chi connectivity index (χ0n) is 14.6. The summed E-state index contributed by atoms with van der Waals surface area (Å²) >= 11 is 3.12. The van der Waals surface area contributed by atoms with Gasteiger partial charge in [0.2, 0.25) is 0 Å². The molecule has 5 nitrogen and oxygen atoms in total. The number of halogens is 2. The zero-order valence-corrected chi connectivity index (χ0v) is 17.0. The van der Waals surface area contributed by atoms with Crippen LogP contribution < -0.4 is 10.0 Å². The Morgan fingerprint density at radius 3 is 2.50 bits per heavy atom. The molecular formula is C18H20BrFN2O3S. The van der Waals surface area contributed by atoms with E-state index in [0.29, 0.717) is 16.6 Å². The first-order valence-electron chi connectivity index (χ1n) is 7.97. The van der Waals surface area contributed by atoms with Gasteiger partial charge in [0, 0.05) is 16.6 Å². The van der Waals surface area contributed by atoms with Crippen molar-refractivity contribution >= 4 is 37.5 Å². The molecule has 2 N–H and O–H groups in total. The van der Waals surface area contributed by atoms with Crippen molar-refractivity contribution in [3.63, 3.8) is 0 Å². The third-order valence-electron chi connectivity index (χ3n) is 3.61. The molecule has 0 aliphatic carbocycles. The second kappa shape index (κ2) is 8.18. The van der Waals surface area contributed by atoms with Gasteiger partial charge in [0.25, 0.3) is 15.9 Å². The normalized spacial score (nSPS) is 11.5. The Kier molecular flexibility index (Phi) is 6.41. The van der Waals surface area contributed by atoms with Crippen LogP contribution in [0, 0.1) is 18.7 Å². The summed E-state index contributed by atoms with van der Waals surface area (Å²) in [7, 11) is -4.04. The number of carbonyl (C=O) groups is 1. The molecule has 0 atom stereocenters. The molecule has 0 saturated carbocycles. The summed E-state index contributed by atoms with van der Waals surface area (Å²) in [6.45, 7) is 6.13. The van der Waals surface area contributed by atoms with Gasteiger partial charge < -0.3 is 5.32 Å². The number of sulfonamides is 1. The van der Waals surface area contributed by atoms with Crippen molar-refractivity contribution in [2.24, 2.45) is 5.92 Å². The molecule has 2 aromatic carbocycles. The Hall–Kier alpha value is -1.93. The smallest absolute Gasteiger partial charge is 0.262 e. The number of amides is 1. The minimum Gasteiger partial charge on any atom is -0.352 e. The van der Waals surface area contributed by atoms with Crippen molar-refractivity contribution in [1.29, 1.82) is 0 Å². The van der Waals surface area contributed by atoms with Crippen molar-refractivity contribution in [3.05, 3.63) is 57.8 Å². The summed E-state index contributed by atoms with van der Waals surface area (Å²) in [5.41, 5.74) is 0.754. The van der Waals surface area contributed by atoms with Gasteiger partial charge in [-0.15, -0.1) is 0 Å². The predicted molar refractivity (Wildman–Crippen MR) is 103 cm³/mol. The van der Waals surface area contributed by atoms with Gasteiger partial charge in [-0.3, -0.25) is 9.52 Å². The maximum absolute atomic E-state index is 13.9. The van der Waals surface area contributed by atoms with E-state index in [9.17, 15) is 17.6 Å². The standard InChI is InChI=1S/C18H20BrFN2O3S/c1-11(2)10-21-18(23)15-9-14(6-4-12(15)3)26(24,25)22-17-7-5-13(19)8-16(17)20/h4-9,11,22H,10H2,1-3H3,(H,21,23). The molecule has 0 fully saturated rings. The molecule has 1 amide bonds. The summed E-state index contributed by atoms with van der Waals surface area (Å²) in [5.74, 6) is -0.777. The number of aryl methyl sites for hydroxylation is 1. The lowest BCUT2D eigenvalue weighted by Gasteiger charge is -2.13. The fourth-order valence-electron chi connectivity index (χ4n) is 2.18. The first kappa shape index (κ1) is 20.4. The van der Waals surface area contributed by atoms with Crippen LogP contribution in [0.3, 0.4) is 0 Å². The van der Waals surface area contributed by atoms with Gasteiger partial charge in [0.1, 0.15) is 5.82 Å². The van der Waals surface area contributed by atoms with Crippen molar-refractivity contribution in [2.75, 3.05) is 11.3 Å².